The third-order valence-corrected chi connectivity index (χ3v) is 7.34. The van der Waals surface area contributed by atoms with Crippen LogP contribution in [-0.2, 0) is 19.3 Å². The van der Waals surface area contributed by atoms with Crippen LogP contribution in [0.2, 0.25) is 0 Å². The monoisotopic (exact) mass is 476 g/mol. The summed E-state index contributed by atoms with van der Waals surface area (Å²) in [6.45, 7) is 12.8. The third kappa shape index (κ3) is 4.15. The number of hydrogen-bond donors (Lipinski definition) is 2. The highest BCUT2D eigenvalue weighted by atomic mass is 16.5. The van der Waals surface area contributed by atoms with Crippen LogP contribution < -0.4 is 14.2 Å². The van der Waals surface area contributed by atoms with E-state index in [-0.39, 0.29) is 29.1 Å². The van der Waals surface area contributed by atoms with Gasteiger partial charge in [0.25, 0.3) is 0 Å². The first-order chi connectivity index (χ1) is 16.6. The highest BCUT2D eigenvalue weighted by Crippen LogP contribution is 2.59. The molecule has 5 rings (SSSR count). The highest BCUT2D eigenvalue weighted by molar-refractivity contribution is 5.68. The van der Waals surface area contributed by atoms with E-state index in [1.165, 1.54) is 11.1 Å². The fourth-order valence-electron chi connectivity index (χ4n) is 5.39. The van der Waals surface area contributed by atoms with Crippen molar-refractivity contribution in [2.45, 2.75) is 84.8 Å². The molecule has 0 aromatic heterocycles. The van der Waals surface area contributed by atoms with Crippen molar-refractivity contribution in [3.63, 3.8) is 0 Å². The topological polar surface area (TPSA) is 68.2 Å². The summed E-state index contributed by atoms with van der Waals surface area (Å²) in [7, 11) is 0. The number of phenolic OH excluding ortho intramolecular Hbond substituents is 2. The zero-order valence-corrected chi connectivity index (χ0v) is 21.6. The van der Waals surface area contributed by atoms with Crippen LogP contribution in [0, 0.1) is 0 Å². The summed E-state index contributed by atoms with van der Waals surface area (Å²) >= 11 is 0. The number of benzene rings is 2. The molecule has 5 nitrogen and oxygen atoms in total. The van der Waals surface area contributed by atoms with Gasteiger partial charge >= 0.3 is 0 Å². The number of rotatable bonds is 4. The molecule has 2 atom stereocenters. The molecular formula is C30H36O5. The molecule has 3 aliphatic rings. The highest BCUT2D eigenvalue weighted by Gasteiger charge is 2.47. The normalized spacial score (nSPS) is 20.7. The number of phenols is 2. The van der Waals surface area contributed by atoms with E-state index in [0.717, 1.165) is 46.4 Å². The number of allylic oxidation sites excluding steroid dienone is 4. The van der Waals surface area contributed by atoms with Crippen LogP contribution in [0.25, 0.3) is 0 Å². The molecule has 2 aromatic rings. The van der Waals surface area contributed by atoms with Crippen LogP contribution >= 0.6 is 0 Å². The van der Waals surface area contributed by atoms with E-state index in [1.807, 2.05) is 6.07 Å². The molecule has 0 fully saturated rings. The van der Waals surface area contributed by atoms with Gasteiger partial charge in [0, 0.05) is 28.3 Å². The van der Waals surface area contributed by atoms with Gasteiger partial charge in [0.15, 0.2) is 11.5 Å². The Balaban J connectivity index is 1.64. The zero-order chi connectivity index (χ0) is 25.1. The molecule has 2 N–H and O–H groups in total. The Morgan fingerprint density at radius 2 is 1.74 bits per heavy atom. The summed E-state index contributed by atoms with van der Waals surface area (Å²) in [6, 6.07) is 3.74. The van der Waals surface area contributed by atoms with Crippen LogP contribution in [-0.4, -0.2) is 22.4 Å². The minimum atomic E-state index is -0.335. The van der Waals surface area contributed by atoms with E-state index in [9.17, 15) is 10.2 Å². The van der Waals surface area contributed by atoms with Gasteiger partial charge in [-0.2, -0.15) is 0 Å². The van der Waals surface area contributed by atoms with Gasteiger partial charge in [-0.05, 0) is 78.9 Å². The maximum atomic E-state index is 11.4. The van der Waals surface area contributed by atoms with E-state index in [2.05, 4.69) is 53.7 Å². The van der Waals surface area contributed by atoms with Gasteiger partial charge in [-0.15, -0.1) is 0 Å². The summed E-state index contributed by atoms with van der Waals surface area (Å²) in [6.07, 6.45) is 6.90. The molecule has 186 valence electrons. The van der Waals surface area contributed by atoms with E-state index >= 15 is 0 Å². The van der Waals surface area contributed by atoms with Gasteiger partial charge in [0.1, 0.15) is 29.0 Å². The minimum absolute atomic E-state index is 0.00274. The Hall–Kier alpha value is -3.08. The minimum Gasteiger partial charge on any atom is -0.508 e. The maximum absolute atomic E-state index is 11.4. The Morgan fingerprint density at radius 3 is 2.46 bits per heavy atom. The van der Waals surface area contributed by atoms with Crippen LogP contribution in [0.15, 0.2) is 35.4 Å². The average molecular weight is 477 g/mol. The predicted octanol–water partition coefficient (Wildman–Crippen LogP) is 6.83. The van der Waals surface area contributed by atoms with Crippen molar-refractivity contribution in [2.75, 3.05) is 6.61 Å². The lowest BCUT2D eigenvalue weighted by molar-refractivity contribution is 0.0798. The van der Waals surface area contributed by atoms with Crippen LogP contribution in [0.1, 0.15) is 87.8 Å². The second kappa shape index (κ2) is 8.54. The van der Waals surface area contributed by atoms with Crippen molar-refractivity contribution in [1.82, 2.24) is 0 Å². The first kappa shape index (κ1) is 23.7. The molecule has 0 aliphatic carbocycles. The van der Waals surface area contributed by atoms with Gasteiger partial charge < -0.3 is 24.4 Å². The van der Waals surface area contributed by atoms with E-state index < -0.39 is 0 Å². The van der Waals surface area contributed by atoms with Gasteiger partial charge in [-0.25, -0.2) is 0 Å². The molecule has 0 spiro atoms. The second-order valence-electron chi connectivity index (χ2n) is 11.2. The Bertz CT molecular complexity index is 1240. The molecule has 0 bridgehead atoms. The SMILES string of the molecule is CC(C)=CCc1cc2c(cc1O)OC[C@H]1c3c4c(c(O)c(CC=C(C)C)c3O[C@@H]21)OC(C)(C)CC4. The average Bonchev–Trinajstić information content (AvgIpc) is 3.16. The lowest BCUT2D eigenvalue weighted by atomic mass is 9.81. The van der Waals surface area contributed by atoms with Gasteiger partial charge in [-0.1, -0.05) is 23.3 Å². The van der Waals surface area contributed by atoms with Crippen LogP contribution in [0.3, 0.4) is 0 Å². The molecular weight excluding hydrogens is 440 g/mol. The molecule has 0 saturated carbocycles. The molecule has 35 heavy (non-hydrogen) atoms. The molecule has 3 aliphatic heterocycles. The van der Waals surface area contributed by atoms with Crippen molar-refractivity contribution in [3.8, 4) is 28.7 Å². The van der Waals surface area contributed by atoms with Gasteiger partial charge in [0.05, 0.1) is 12.5 Å². The summed E-state index contributed by atoms with van der Waals surface area (Å²) in [5.74, 6) is 2.47. The number of ether oxygens (including phenoxy) is 3. The molecule has 0 saturated heterocycles. The second-order valence-corrected chi connectivity index (χ2v) is 11.2. The summed E-state index contributed by atoms with van der Waals surface area (Å²) in [5.41, 5.74) is 6.78. The molecule has 5 heteroatoms. The largest absolute Gasteiger partial charge is 0.508 e. The smallest absolute Gasteiger partial charge is 0.165 e. The summed E-state index contributed by atoms with van der Waals surface area (Å²) in [5, 5.41) is 22.0. The van der Waals surface area contributed by atoms with Crippen molar-refractivity contribution in [2.24, 2.45) is 0 Å². The van der Waals surface area contributed by atoms with Crippen molar-refractivity contribution in [1.29, 1.82) is 0 Å². The van der Waals surface area contributed by atoms with Gasteiger partial charge in [-0.3, -0.25) is 0 Å². The third-order valence-electron chi connectivity index (χ3n) is 7.34. The lowest BCUT2D eigenvalue weighted by Gasteiger charge is -2.35. The molecule has 2 aromatic carbocycles. The Morgan fingerprint density at radius 1 is 1.03 bits per heavy atom. The Kier molecular flexibility index (Phi) is 5.77. The molecule has 0 radical (unpaired) electrons. The molecule has 0 amide bonds. The van der Waals surface area contributed by atoms with Crippen molar-refractivity contribution in [3.05, 3.63) is 63.2 Å². The fourth-order valence-corrected chi connectivity index (χ4v) is 5.39. The quantitative estimate of drug-likeness (QED) is 0.474. The van der Waals surface area contributed by atoms with Gasteiger partial charge in [0.2, 0.25) is 0 Å². The first-order valence-corrected chi connectivity index (χ1v) is 12.6. The number of aromatic hydroxyl groups is 2. The molecule has 0 unspecified atom stereocenters. The van der Waals surface area contributed by atoms with Crippen molar-refractivity contribution >= 4 is 0 Å². The Labute approximate surface area is 208 Å². The van der Waals surface area contributed by atoms with E-state index in [1.54, 1.807) is 6.07 Å². The fraction of sp³-hybridized carbons (Fsp3) is 0.467. The lowest BCUT2D eigenvalue weighted by Crippen LogP contribution is -2.33. The van der Waals surface area contributed by atoms with Crippen LogP contribution in [0.4, 0.5) is 0 Å². The van der Waals surface area contributed by atoms with E-state index in [0.29, 0.717) is 30.9 Å². The first-order valence-electron chi connectivity index (χ1n) is 12.6. The summed E-state index contributed by atoms with van der Waals surface area (Å²) in [4.78, 5) is 0. The number of fused-ring (bicyclic) bond motifs is 7. The standard InChI is InChI=1S/C30H36O5/c1-16(2)7-9-18-13-21-24(14-23(18)31)33-15-22-25-19-11-12-30(5,6)35-29(19)26(32)20(10-8-17(3)4)28(25)34-27(21)22/h7-8,13-14,22,27,31-32H,9-12,15H2,1-6H3/t22-,27-/m0/s1. The maximum Gasteiger partial charge on any atom is 0.165 e. The molecule has 3 heterocycles. The van der Waals surface area contributed by atoms with E-state index in [4.69, 9.17) is 14.2 Å². The zero-order valence-electron chi connectivity index (χ0n) is 21.6. The predicted molar refractivity (Wildman–Crippen MR) is 137 cm³/mol. The number of hydrogen-bond acceptors (Lipinski definition) is 5. The van der Waals surface area contributed by atoms with Crippen LogP contribution in [0.5, 0.6) is 28.7 Å². The summed E-state index contributed by atoms with van der Waals surface area (Å²) < 4.78 is 19.2. The van der Waals surface area contributed by atoms with Crippen molar-refractivity contribution < 1.29 is 24.4 Å².